The maximum atomic E-state index is 11.9. The number of carboxylic acids is 1. The summed E-state index contributed by atoms with van der Waals surface area (Å²) in [6.45, 7) is 0.494. The Morgan fingerprint density at radius 2 is 2.28 bits per heavy atom. The Kier molecular flexibility index (Phi) is 3.92. The molecule has 1 N–H and O–H groups in total. The Hall–Kier alpha value is -1.07. The molecule has 0 spiro atoms. The number of aromatic carboxylic acids is 1. The van der Waals surface area contributed by atoms with Crippen molar-refractivity contribution in [2.75, 3.05) is 16.8 Å². The molecule has 4 nitrogen and oxygen atoms in total. The van der Waals surface area contributed by atoms with Gasteiger partial charge in [-0.05, 0) is 18.1 Å². The molecule has 0 saturated carbocycles. The number of halogens is 2. The number of carboxylic acid groups (broad SMARTS) is 1. The van der Waals surface area contributed by atoms with Gasteiger partial charge in [0.15, 0.2) is 0 Å². The Balaban J connectivity index is 2.45. The van der Waals surface area contributed by atoms with Crippen LogP contribution in [-0.2, 0) is 4.79 Å². The summed E-state index contributed by atoms with van der Waals surface area (Å²) in [5.74, 6) is -0.979. The van der Waals surface area contributed by atoms with E-state index in [4.69, 9.17) is 16.7 Å². The van der Waals surface area contributed by atoms with Gasteiger partial charge < -0.3 is 10.0 Å². The van der Waals surface area contributed by atoms with Crippen LogP contribution in [0.3, 0.4) is 0 Å². The SMILES string of the molecule is O=C(O)c1cccc(Cl)c1N1CC(CBr)CC1=O. The average molecular weight is 333 g/mol. The summed E-state index contributed by atoms with van der Waals surface area (Å²) < 4.78 is 0. The normalized spacial score (nSPS) is 19.3. The number of hydrogen-bond donors (Lipinski definition) is 1. The highest BCUT2D eigenvalue weighted by atomic mass is 79.9. The summed E-state index contributed by atoms with van der Waals surface area (Å²) in [7, 11) is 0. The number of rotatable bonds is 3. The zero-order valence-electron chi connectivity index (χ0n) is 9.40. The number of carbonyl (C=O) groups excluding carboxylic acids is 1. The lowest BCUT2D eigenvalue weighted by molar-refractivity contribution is -0.117. The van der Waals surface area contributed by atoms with Gasteiger partial charge in [-0.25, -0.2) is 4.79 Å². The summed E-state index contributed by atoms with van der Waals surface area (Å²) in [5.41, 5.74) is 0.367. The molecular formula is C12H11BrClNO3. The number of carbonyl (C=O) groups is 2. The lowest BCUT2D eigenvalue weighted by Gasteiger charge is -2.20. The summed E-state index contributed by atoms with van der Waals surface area (Å²) in [4.78, 5) is 24.6. The smallest absolute Gasteiger partial charge is 0.337 e. The lowest BCUT2D eigenvalue weighted by Crippen LogP contribution is -2.27. The van der Waals surface area contributed by atoms with Crippen LogP contribution in [-0.4, -0.2) is 28.9 Å². The molecule has 1 atom stereocenters. The number of nitrogens with zero attached hydrogens (tertiary/aromatic N) is 1. The van der Waals surface area contributed by atoms with Gasteiger partial charge >= 0.3 is 5.97 Å². The maximum Gasteiger partial charge on any atom is 0.337 e. The van der Waals surface area contributed by atoms with E-state index < -0.39 is 5.97 Å². The van der Waals surface area contributed by atoms with Gasteiger partial charge in [0.1, 0.15) is 0 Å². The molecule has 1 aliphatic heterocycles. The topological polar surface area (TPSA) is 57.6 Å². The zero-order valence-corrected chi connectivity index (χ0v) is 11.7. The van der Waals surface area contributed by atoms with E-state index in [0.29, 0.717) is 29.0 Å². The average Bonchev–Trinajstić information content (AvgIpc) is 2.70. The fourth-order valence-electron chi connectivity index (χ4n) is 2.06. The fourth-order valence-corrected chi connectivity index (χ4v) is 2.77. The van der Waals surface area contributed by atoms with Crippen molar-refractivity contribution in [2.45, 2.75) is 6.42 Å². The second-order valence-electron chi connectivity index (χ2n) is 4.17. The Morgan fingerprint density at radius 3 is 2.83 bits per heavy atom. The Bertz CT molecular complexity index is 506. The highest BCUT2D eigenvalue weighted by Crippen LogP contribution is 2.34. The van der Waals surface area contributed by atoms with Crippen LogP contribution < -0.4 is 4.90 Å². The molecule has 1 aromatic carbocycles. The van der Waals surface area contributed by atoms with Crippen molar-refractivity contribution < 1.29 is 14.7 Å². The van der Waals surface area contributed by atoms with Gasteiger partial charge in [0.2, 0.25) is 5.91 Å². The molecule has 6 heteroatoms. The van der Waals surface area contributed by atoms with Gasteiger partial charge in [-0.15, -0.1) is 0 Å². The molecule has 0 bridgehead atoms. The van der Waals surface area contributed by atoms with Crippen LogP contribution in [0.5, 0.6) is 0 Å². The Labute approximate surface area is 118 Å². The molecule has 96 valence electrons. The van der Waals surface area contributed by atoms with Crippen molar-refractivity contribution in [1.29, 1.82) is 0 Å². The van der Waals surface area contributed by atoms with Gasteiger partial charge in [0.25, 0.3) is 0 Å². The van der Waals surface area contributed by atoms with Gasteiger partial charge in [0, 0.05) is 18.3 Å². The number of para-hydroxylation sites is 1. The molecule has 0 aliphatic carbocycles. The molecule has 18 heavy (non-hydrogen) atoms. The number of anilines is 1. The highest BCUT2D eigenvalue weighted by Gasteiger charge is 2.33. The molecule has 1 amide bonds. The molecule has 1 fully saturated rings. The minimum atomic E-state index is -1.08. The summed E-state index contributed by atoms with van der Waals surface area (Å²) in [6.07, 6.45) is 0.412. The number of hydrogen-bond acceptors (Lipinski definition) is 2. The fraction of sp³-hybridized carbons (Fsp3) is 0.333. The van der Waals surface area contributed by atoms with Gasteiger partial charge in [-0.1, -0.05) is 33.6 Å². The largest absolute Gasteiger partial charge is 0.478 e. The second-order valence-corrected chi connectivity index (χ2v) is 5.22. The van der Waals surface area contributed by atoms with Crippen molar-refractivity contribution in [3.8, 4) is 0 Å². The molecule has 1 saturated heterocycles. The standard InChI is InChI=1S/C12H11BrClNO3/c13-5-7-4-10(16)15(6-7)11-8(12(17)18)2-1-3-9(11)14/h1-3,7H,4-6H2,(H,17,18). The first kappa shape index (κ1) is 13.4. The molecule has 1 unspecified atom stereocenters. The second kappa shape index (κ2) is 5.28. The van der Waals surface area contributed by atoms with Crippen LogP contribution >= 0.6 is 27.5 Å². The molecule has 1 heterocycles. The monoisotopic (exact) mass is 331 g/mol. The van der Waals surface area contributed by atoms with E-state index >= 15 is 0 Å². The van der Waals surface area contributed by atoms with E-state index in [0.717, 1.165) is 0 Å². The molecule has 0 aromatic heterocycles. The van der Waals surface area contributed by atoms with Gasteiger partial charge in [-0.3, -0.25) is 4.79 Å². The first-order chi connectivity index (χ1) is 8.54. The third-order valence-corrected chi connectivity index (χ3v) is 4.13. The summed E-state index contributed by atoms with van der Waals surface area (Å²) >= 11 is 9.38. The molecule has 2 rings (SSSR count). The minimum absolute atomic E-state index is 0.0612. The van der Waals surface area contributed by atoms with E-state index in [1.165, 1.54) is 11.0 Å². The quantitative estimate of drug-likeness (QED) is 0.866. The maximum absolute atomic E-state index is 11.9. The number of amides is 1. The van der Waals surface area contributed by atoms with Crippen LogP contribution in [0.1, 0.15) is 16.8 Å². The Morgan fingerprint density at radius 1 is 1.56 bits per heavy atom. The predicted octanol–water partition coefficient (Wildman–Crippen LogP) is 2.79. The summed E-state index contributed by atoms with van der Waals surface area (Å²) in [6, 6.07) is 4.62. The van der Waals surface area contributed by atoms with E-state index in [9.17, 15) is 9.59 Å². The summed E-state index contributed by atoms with van der Waals surface area (Å²) in [5, 5.41) is 10.2. The third kappa shape index (κ3) is 2.37. The zero-order chi connectivity index (χ0) is 13.3. The lowest BCUT2D eigenvalue weighted by atomic mass is 10.1. The van der Waals surface area contributed by atoms with E-state index in [-0.39, 0.29) is 17.4 Å². The number of alkyl halides is 1. The van der Waals surface area contributed by atoms with Crippen LogP contribution in [0.2, 0.25) is 5.02 Å². The van der Waals surface area contributed by atoms with Crippen LogP contribution in [0.4, 0.5) is 5.69 Å². The predicted molar refractivity (Wildman–Crippen MR) is 72.7 cm³/mol. The number of benzene rings is 1. The first-order valence-corrected chi connectivity index (χ1v) is 6.92. The van der Waals surface area contributed by atoms with Crippen LogP contribution in [0.25, 0.3) is 0 Å². The van der Waals surface area contributed by atoms with E-state index in [1.807, 2.05) is 0 Å². The van der Waals surface area contributed by atoms with Crippen molar-refractivity contribution in [3.05, 3.63) is 28.8 Å². The van der Waals surface area contributed by atoms with E-state index in [2.05, 4.69) is 15.9 Å². The molecule has 1 aliphatic rings. The van der Waals surface area contributed by atoms with Gasteiger partial charge in [-0.2, -0.15) is 0 Å². The van der Waals surface area contributed by atoms with Crippen LogP contribution in [0.15, 0.2) is 18.2 Å². The van der Waals surface area contributed by atoms with E-state index in [1.54, 1.807) is 12.1 Å². The highest BCUT2D eigenvalue weighted by molar-refractivity contribution is 9.09. The molecule has 1 aromatic rings. The van der Waals surface area contributed by atoms with Crippen molar-refractivity contribution >= 4 is 45.1 Å². The van der Waals surface area contributed by atoms with Gasteiger partial charge in [0.05, 0.1) is 16.3 Å². The van der Waals surface area contributed by atoms with Crippen molar-refractivity contribution in [3.63, 3.8) is 0 Å². The van der Waals surface area contributed by atoms with Crippen molar-refractivity contribution in [1.82, 2.24) is 0 Å². The molecular weight excluding hydrogens is 321 g/mol. The first-order valence-electron chi connectivity index (χ1n) is 5.42. The van der Waals surface area contributed by atoms with Crippen LogP contribution in [0, 0.1) is 5.92 Å². The van der Waals surface area contributed by atoms with Crippen molar-refractivity contribution in [2.24, 2.45) is 5.92 Å². The third-order valence-electron chi connectivity index (χ3n) is 2.91. The molecule has 0 radical (unpaired) electrons. The minimum Gasteiger partial charge on any atom is -0.478 e.